The van der Waals surface area contributed by atoms with Gasteiger partial charge in [-0.2, -0.15) is 4.98 Å². The first-order valence-electron chi connectivity index (χ1n) is 8.57. The summed E-state index contributed by atoms with van der Waals surface area (Å²) < 4.78 is 5.30. The Hall–Kier alpha value is -2.74. The lowest BCUT2D eigenvalue weighted by atomic mass is 10.0. The minimum Gasteiger partial charge on any atom is -0.337 e. The zero-order valence-corrected chi connectivity index (χ0v) is 15.2. The monoisotopic (exact) mass is 369 g/mol. The third kappa shape index (κ3) is 3.45. The topological polar surface area (TPSA) is 84.2 Å². The van der Waals surface area contributed by atoms with Crippen molar-refractivity contribution in [1.29, 1.82) is 0 Å². The first kappa shape index (κ1) is 16.7. The first-order chi connectivity index (χ1) is 12.7. The molecule has 0 radical (unpaired) electrons. The van der Waals surface area contributed by atoms with E-state index in [2.05, 4.69) is 20.4 Å². The molecule has 3 heterocycles. The van der Waals surface area contributed by atoms with Crippen molar-refractivity contribution >= 4 is 23.1 Å². The van der Waals surface area contributed by atoms with Gasteiger partial charge in [-0.1, -0.05) is 17.3 Å². The van der Waals surface area contributed by atoms with Crippen LogP contribution in [0.25, 0.3) is 11.3 Å². The number of piperidine rings is 1. The van der Waals surface area contributed by atoms with Gasteiger partial charge in [-0.05, 0) is 38.3 Å². The average Bonchev–Trinajstić information content (AvgIpc) is 3.34. The van der Waals surface area contributed by atoms with Crippen LogP contribution in [-0.4, -0.2) is 32.6 Å². The van der Waals surface area contributed by atoms with Crippen LogP contribution >= 0.6 is 11.3 Å². The summed E-state index contributed by atoms with van der Waals surface area (Å²) in [5.74, 6) is 1.10. The van der Waals surface area contributed by atoms with Crippen molar-refractivity contribution in [2.45, 2.75) is 32.2 Å². The van der Waals surface area contributed by atoms with Crippen molar-refractivity contribution < 1.29 is 9.32 Å². The number of urea groups is 1. The third-order valence-corrected chi connectivity index (χ3v) is 5.04. The number of thiazole rings is 1. The van der Waals surface area contributed by atoms with Crippen molar-refractivity contribution in [2.75, 3.05) is 11.9 Å². The maximum atomic E-state index is 12.8. The summed E-state index contributed by atoms with van der Waals surface area (Å²) in [6, 6.07) is 7.38. The number of aryl methyl sites for hydroxylation is 1. The molecule has 1 aliphatic heterocycles. The number of likely N-dealkylation sites (tertiary alicyclic amines) is 1. The molecule has 2 aromatic heterocycles. The molecule has 1 aromatic carbocycles. The Morgan fingerprint density at radius 3 is 2.85 bits per heavy atom. The van der Waals surface area contributed by atoms with E-state index in [1.54, 1.807) is 28.7 Å². The number of aromatic nitrogens is 3. The number of benzene rings is 1. The Balaban J connectivity index is 1.47. The van der Waals surface area contributed by atoms with E-state index in [9.17, 15) is 4.79 Å². The highest BCUT2D eigenvalue weighted by atomic mass is 32.1. The maximum Gasteiger partial charge on any atom is 0.322 e. The van der Waals surface area contributed by atoms with E-state index in [1.165, 1.54) is 0 Å². The molecule has 0 aliphatic carbocycles. The van der Waals surface area contributed by atoms with Gasteiger partial charge in [0, 0.05) is 23.2 Å². The van der Waals surface area contributed by atoms with Gasteiger partial charge in [0.15, 0.2) is 5.82 Å². The van der Waals surface area contributed by atoms with E-state index >= 15 is 0 Å². The van der Waals surface area contributed by atoms with Gasteiger partial charge in [-0.3, -0.25) is 0 Å². The highest BCUT2D eigenvalue weighted by Gasteiger charge is 2.32. The van der Waals surface area contributed by atoms with E-state index in [-0.39, 0.29) is 12.1 Å². The number of carbonyl (C=O) groups is 1. The molecule has 134 valence electrons. The van der Waals surface area contributed by atoms with Crippen LogP contribution in [0.3, 0.4) is 0 Å². The van der Waals surface area contributed by atoms with E-state index in [0.29, 0.717) is 18.3 Å². The van der Waals surface area contributed by atoms with Crippen LogP contribution in [0.5, 0.6) is 0 Å². The molecule has 26 heavy (non-hydrogen) atoms. The lowest BCUT2D eigenvalue weighted by molar-refractivity contribution is 0.142. The normalized spacial score (nSPS) is 17.3. The summed E-state index contributed by atoms with van der Waals surface area (Å²) in [6.07, 6.45) is 2.84. The SMILES string of the molecule is Cc1noc(C2CCCCN2C(=O)Nc2ccc(-c3cscn3)cc2)n1. The van der Waals surface area contributed by atoms with Crippen molar-refractivity contribution in [3.05, 3.63) is 46.9 Å². The second-order valence-electron chi connectivity index (χ2n) is 6.27. The fraction of sp³-hybridized carbons (Fsp3) is 0.333. The van der Waals surface area contributed by atoms with E-state index in [0.717, 1.165) is 36.2 Å². The lowest BCUT2D eigenvalue weighted by Crippen LogP contribution is -2.41. The second kappa shape index (κ2) is 7.25. The number of nitrogens with one attached hydrogen (secondary N) is 1. The van der Waals surface area contributed by atoms with Crippen molar-refractivity contribution in [3.8, 4) is 11.3 Å². The average molecular weight is 369 g/mol. The number of rotatable bonds is 3. The van der Waals surface area contributed by atoms with Gasteiger partial charge < -0.3 is 14.7 Å². The summed E-state index contributed by atoms with van der Waals surface area (Å²) in [5.41, 5.74) is 4.53. The molecule has 8 heteroatoms. The highest BCUT2D eigenvalue weighted by Crippen LogP contribution is 2.30. The summed E-state index contributed by atoms with van der Waals surface area (Å²) >= 11 is 1.56. The Kier molecular flexibility index (Phi) is 4.66. The number of amides is 2. The number of nitrogens with zero attached hydrogens (tertiary/aromatic N) is 4. The van der Waals surface area contributed by atoms with Crippen molar-refractivity contribution in [3.63, 3.8) is 0 Å². The van der Waals surface area contributed by atoms with Gasteiger partial charge in [-0.15, -0.1) is 11.3 Å². The van der Waals surface area contributed by atoms with E-state index in [4.69, 9.17) is 4.52 Å². The van der Waals surface area contributed by atoms with Crippen LogP contribution in [0, 0.1) is 6.92 Å². The molecular formula is C18H19N5O2S. The summed E-state index contributed by atoms with van der Waals surface area (Å²) in [5, 5.41) is 8.82. The number of hydrogen-bond acceptors (Lipinski definition) is 6. The highest BCUT2D eigenvalue weighted by molar-refractivity contribution is 7.07. The molecule has 1 fully saturated rings. The molecule has 1 N–H and O–H groups in total. The van der Waals surface area contributed by atoms with Gasteiger partial charge in [0.2, 0.25) is 5.89 Å². The third-order valence-electron chi connectivity index (χ3n) is 4.46. The predicted octanol–water partition coefficient (Wildman–Crippen LogP) is 4.26. The van der Waals surface area contributed by atoms with E-state index in [1.807, 2.05) is 29.6 Å². The molecule has 1 saturated heterocycles. The summed E-state index contributed by atoms with van der Waals surface area (Å²) in [4.78, 5) is 23.2. The molecular weight excluding hydrogens is 350 g/mol. The fourth-order valence-electron chi connectivity index (χ4n) is 3.15. The zero-order valence-electron chi connectivity index (χ0n) is 14.4. The minimum absolute atomic E-state index is 0.146. The van der Waals surface area contributed by atoms with Crippen LogP contribution in [0.1, 0.15) is 37.0 Å². The molecule has 7 nitrogen and oxygen atoms in total. The van der Waals surface area contributed by atoms with Crippen molar-refractivity contribution in [2.24, 2.45) is 0 Å². The minimum atomic E-state index is -0.167. The van der Waals surface area contributed by atoms with Gasteiger partial charge in [-0.25, -0.2) is 9.78 Å². The van der Waals surface area contributed by atoms with Crippen LogP contribution < -0.4 is 5.32 Å². The molecule has 2 amide bonds. The molecule has 4 rings (SSSR count). The zero-order chi connectivity index (χ0) is 17.9. The molecule has 1 atom stereocenters. The Labute approximate surface area is 155 Å². The second-order valence-corrected chi connectivity index (χ2v) is 6.98. The van der Waals surface area contributed by atoms with Crippen LogP contribution in [0.2, 0.25) is 0 Å². The smallest absolute Gasteiger partial charge is 0.322 e. The summed E-state index contributed by atoms with van der Waals surface area (Å²) in [6.45, 7) is 2.46. The Morgan fingerprint density at radius 2 is 2.15 bits per heavy atom. The Bertz CT molecular complexity index is 875. The number of hydrogen-bond donors (Lipinski definition) is 1. The standard InChI is InChI=1S/C18H19N5O2S/c1-12-20-17(25-22-12)16-4-2-3-9-23(16)18(24)21-14-7-5-13(6-8-14)15-10-26-11-19-15/h5-8,10-11,16H,2-4,9H2,1H3,(H,21,24). The molecule has 3 aromatic rings. The maximum absolute atomic E-state index is 12.8. The quantitative estimate of drug-likeness (QED) is 0.746. The predicted molar refractivity (Wildman–Crippen MR) is 98.9 cm³/mol. The largest absolute Gasteiger partial charge is 0.337 e. The van der Waals surface area contributed by atoms with Crippen LogP contribution in [0.15, 0.2) is 39.7 Å². The van der Waals surface area contributed by atoms with Gasteiger partial charge >= 0.3 is 6.03 Å². The molecule has 0 saturated carbocycles. The molecule has 1 aliphatic rings. The van der Waals surface area contributed by atoms with Crippen molar-refractivity contribution in [1.82, 2.24) is 20.0 Å². The van der Waals surface area contributed by atoms with Gasteiger partial charge in [0.05, 0.1) is 11.2 Å². The fourth-order valence-corrected chi connectivity index (χ4v) is 3.72. The number of carbonyl (C=O) groups excluding carboxylic acids is 1. The Morgan fingerprint density at radius 1 is 1.31 bits per heavy atom. The van der Waals surface area contributed by atoms with E-state index < -0.39 is 0 Å². The lowest BCUT2D eigenvalue weighted by Gasteiger charge is -2.33. The van der Waals surface area contributed by atoms with Crippen LogP contribution in [0.4, 0.5) is 10.5 Å². The van der Waals surface area contributed by atoms with Gasteiger partial charge in [0.1, 0.15) is 6.04 Å². The molecule has 0 spiro atoms. The molecule has 1 unspecified atom stereocenters. The summed E-state index contributed by atoms with van der Waals surface area (Å²) in [7, 11) is 0. The van der Waals surface area contributed by atoms with Gasteiger partial charge in [0.25, 0.3) is 0 Å². The molecule has 0 bridgehead atoms. The number of anilines is 1. The van der Waals surface area contributed by atoms with Crippen LogP contribution in [-0.2, 0) is 0 Å². The first-order valence-corrected chi connectivity index (χ1v) is 9.51.